The third-order valence-corrected chi connectivity index (χ3v) is 3.45. The van der Waals surface area contributed by atoms with E-state index in [0.29, 0.717) is 11.1 Å². The van der Waals surface area contributed by atoms with Crippen LogP contribution in [0, 0.1) is 0 Å². The number of hydrogen-bond acceptors (Lipinski definition) is 5. The lowest BCUT2D eigenvalue weighted by atomic mass is 10.2. The molecule has 0 saturated carbocycles. The fraction of sp³-hybridized carbons (Fsp3) is 0.111. The Kier molecular flexibility index (Phi) is 3.36. The first-order chi connectivity index (χ1) is 8.04. The SMILES string of the molecule is O=C(O)Nc1nc2ccc(CS(=O)[O-])cc2s1. The number of nitrogens with one attached hydrogen (secondary N) is 1. The van der Waals surface area contributed by atoms with Gasteiger partial charge < -0.3 is 9.66 Å². The number of nitrogens with zero attached hydrogens (tertiary/aromatic N) is 1. The molecule has 1 aromatic heterocycles. The number of fused-ring (bicyclic) bond motifs is 1. The highest BCUT2D eigenvalue weighted by molar-refractivity contribution is 7.78. The number of carboxylic acid groups (broad SMARTS) is 1. The van der Waals surface area contributed by atoms with Gasteiger partial charge in [-0.05, 0) is 17.7 Å². The number of anilines is 1. The third kappa shape index (κ3) is 2.99. The molecule has 1 unspecified atom stereocenters. The summed E-state index contributed by atoms with van der Waals surface area (Å²) in [5, 5.41) is 11.0. The highest BCUT2D eigenvalue weighted by atomic mass is 32.2. The molecule has 1 aromatic carbocycles. The second-order valence-electron chi connectivity index (χ2n) is 3.20. The van der Waals surface area contributed by atoms with Gasteiger partial charge in [-0.3, -0.25) is 9.53 Å². The fourth-order valence-corrected chi connectivity index (χ4v) is 2.71. The summed E-state index contributed by atoms with van der Waals surface area (Å²) < 4.78 is 21.9. The molecule has 2 N–H and O–H groups in total. The van der Waals surface area contributed by atoms with Crippen LogP contribution in [0.25, 0.3) is 10.2 Å². The Morgan fingerprint density at radius 2 is 2.35 bits per heavy atom. The van der Waals surface area contributed by atoms with E-state index >= 15 is 0 Å². The van der Waals surface area contributed by atoms with Gasteiger partial charge in [0.1, 0.15) is 0 Å². The van der Waals surface area contributed by atoms with Crippen LogP contribution in [0.15, 0.2) is 18.2 Å². The van der Waals surface area contributed by atoms with Gasteiger partial charge in [-0.25, -0.2) is 9.78 Å². The van der Waals surface area contributed by atoms with Crippen molar-refractivity contribution in [2.75, 3.05) is 5.32 Å². The van der Waals surface area contributed by atoms with Crippen molar-refractivity contribution < 1.29 is 18.7 Å². The average molecular weight is 271 g/mol. The maximum Gasteiger partial charge on any atom is 0.410 e. The molecule has 1 amide bonds. The molecule has 2 aromatic rings. The zero-order valence-corrected chi connectivity index (χ0v) is 10.0. The second kappa shape index (κ2) is 4.78. The molecule has 0 spiro atoms. The smallest absolute Gasteiger partial charge is 0.410 e. The van der Waals surface area contributed by atoms with E-state index in [1.807, 2.05) is 0 Å². The van der Waals surface area contributed by atoms with Crippen molar-refractivity contribution in [1.29, 1.82) is 0 Å². The maximum atomic E-state index is 10.6. The number of amides is 1. The van der Waals surface area contributed by atoms with Gasteiger partial charge in [-0.15, -0.1) is 0 Å². The quantitative estimate of drug-likeness (QED) is 0.828. The number of thiazole rings is 1. The summed E-state index contributed by atoms with van der Waals surface area (Å²) in [5.41, 5.74) is 1.29. The highest BCUT2D eigenvalue weighted by Gasteiger charge is 2.06. The standard InChI is InChI=1S/C9H8N2O4S2/c12-9(13)11-8-10-6-2-1-5(4-17(14)15)3-7(6)16-8/h1-3H,4H2,(H,10,11)(H,12,13)(H,14,15)/p-1. The van der Waals surface area contributed by atoms with E-state index in [0.717, 1.165) is 16.0 Å². The van der Waals surface area contributed by atoms with Crippen molar-refractivity contribution in [2.45, 2.75) is 5.75 Å². The number of rotatable bonds is 3. The number of benzene rings is 1. The molecule has 1 heterocycles. The molecule has 2 rings (SSSR count). The molecular weight excluding hydrogens is 264 g/mol. The monoisotopic (exact) mass is 271 g/mol. The Morgan fingerprint density at radius 3 is 3.00 bits per heavy atom. The minimum absolute atomic E-state index is 0.0600. The molecule has 0 radical (unpaired) electrons. The summed E-state index contributed by atoms with van der Waals surface area (Å²) in [6.07, 6.45) is -1.18. The van der Waals surface area contributed by atoms with Crippen molar-refractivity contribution in [2.24, 2.45) is 0 Å². The molecule has 6 nitrogen and oxygen atoms in total. The number of hydrogen-bond donors (Lipinski definition) is 2. The molecule has 90 valence electrons. The van der Waals surface area contributed by atoms with E-state index in [1.54, 1.807) is 18.2 Å². The van der Waals surface area contributed by atoms with Crippen LogP contribution >= 0.6 is 11.3 Å². The van der Waals surface area contributed by atoms with Gasteiger partial charge in [0, 0.05) is 5.75 Å². The minimum Gasteiger partial charge on any atom is -0.772 e. The Labute approximate surface area is 103 Å². The number of carbonyl (C=O) groups is 1. The summed E-state index contributed by atoms with van der Waals surface area (Å²) in [5.74, 6) is -0.0600. The summed E-state index contributed by atoms with van der Waals surface area (Å²) in [6, 6.07) is 5.01. The molecule has 0 fully saturated rings. The largest absolute Gasteiger partial charge is 0.772 e. The first kappa shape index (κ1) is 12.0. The van der Waals surface area contributed by atoms with Crippen LogP contribution in [0.1, 0.15) is 5.56 Å². The molecule has 17 heavy (non-hydrogen) atoms. The Morgan fingerprint density at radius 1 is 1.59 bits per heavy atom. The predicted octanol–water partition coefficient (Wildman–Crippen LogP) is 1.77. The van der Waals surface area contributed by atoms with Gasteiger partial charge in [0.25, 0.3) is 0 Å². The van der Waals surface area contributed by atoms with Crippen LogP contribution in [0.4, 0.5) is 9.93 Å². The Bertz CT molecular complexity index is 582. The molecular formula is C9H7N2O4S2-. The van der Waals surface area contributed by atoms with E-state index in [1.165, 1.54) is 0 Å². The van der Waals surface area contributed by atoms with Gasteiger partial charge in [-0.1, -0.05) is 28.5 Å². The lowest BCUT2D eigenvalue weighted by Gasteiger charge is -2.03. The average Bonchev–Trinajstić information content (AvgIpc) is 2.56. The van der Waals surface area contributed by atoms with Crippen molar-refractivity contribution in [3.63, 3.8) is 0 Å². The normalized spacial score (nSPS) is 12.5. The minimum atomic E-state index is -2.14. The van der Waals surface area contributed by atoms with Crippen molar-refractivity contribution in [3.8, 4) is 0 Å². The van der Waals surface area contributed by atoms with Gasteiger partial charge in [-0.2, -0.15) is 0 Å². The summed E-state index contributed by atoms with van der Waals surface area (Å²) >= 11 is -0.974. The first-order valence-electron chi connectivity index (χ1n) is 4.50. The molecule has 1 atom stereocenters. The lowest BCUT2D eigenvalue weighted by Crippen LogP contribution is -2.06. The van der Waals surface area contributed by atoms with Gasteiger partial charge in [0.2, 0.25) is 0 Å². The van der Waals surface area contributed by atoms with E-state index in [9.17, 15) is 13.6 Å². The van der Waals surface area contributed by atoms with Crippen molar-refractivity contribution >= 4 is 43.9 Å². The van der Waals surface area contributed by atoms with Gasteiger partial charge in [0.15, 0.2) is 5.13 Å². The van der Waals surface area contributed by atoms with E-state index < -0.39 is 17.2 Å². The Balaban J connectivity index is 2.33. The van der Waals surface area contributed by atoms with Crippen LogP contribution in [-0.4, -0.2) is 24.9 Å². The van der Waals surface area contributed by atoms with E-state index in [-0.39, 0.29) is 10.9 Å². The van der Waals surface area contributed by atoms with Crippen molar-refractivity contribution in [1.82, 2.24) is 4.98 Å². The molecule has 0 aliphatic rings. The van der Waals surface area contributed by atoms with Crippen LogP contribution in [0.5, 0.6) is 0 Å². The molecule has 0 bridgehead atoms. The molecule has 0 aliphatic heterocycles. The summed E-state index contributed by atoms with van der Waals surface area (Å²) in [4.78, 5) is 14.5. The molecule has 0 saturated heterocycles. The second-order valence-corrected chi connectivity index (χ2v) is 5.13. The zero-order chi connectivity index (χ0) is 12.4. The Hall–Kier alpha value is -1.51. The maximum absolute atomic E-state index is 10.6. The summed E-state index contributed by atoms with van der Waals surface area (Å²) in [6.45, 7) is 0. The molecule has 0 aliphatic carbocycles. The predicted molar refractivity (Wildman–Crippen MR) is 63.9 cm³/mol. The molecule has 8 heteroatoms. The zero-order valence-electron chi connectivity index (χ0n) is 8.37. The first-order valence-corrected chi connectivity index (χ1v) is 6.56. The van der Waals surface area contributed by atoms with Crippen molar-refractivity contribution in [3.05, 3.63) is 23.8 Å². The van der Waals surface area contributed by atoms with Crippen LogP contribution in [0.2, 0.25) is 0 Å². The van der Waals surface area contributed by atoms with E-state index in [4.69, 9.17) is 5.11 Å². The topological polar surface area (TPSA) is 102 Å². The summed E-state index contributed by atoms with van der Waals surface area (Å²) in [7, 11) is 0. The van der Waals surface area contributed by atoms with Gasteiger partial charge >= 0.3 is 6.09 Å². The third-order valence-electron chi connectivity index (χ3n) is 1.95. The number of aromatic nitrogens is 1. The van der Waals surface area contributed by atoms with E-state index in [2.05, 4.69) is 10.3 Å². The van der Waals surface area contributed by atoms with Gasteiger partial charge in [0.05, 0.1) is 10.2 Å². The lowest BCUT2D eigenvalue weighted by molar-refractivity contribution is 0.209. The van der Waals surface area contributed by atoms with Crippen LogP contribution in [-0.2, 0) is 16.8 Å². The van der Waals surface area contributed by atoms with Crippen LogP contribution in [0.3, 0.4) is 0 Å². The van der Waals surface area contributed by atoms with Crippen LogP contribution < -0.4 is 5.32 Å². The fourth-order valence-electron chi connectivity index (χ4n) is 1.34. The highest BCUT2D eigenvalue weighted by Crippen LogP contribution is 2.27.